The zero-order valence-corrected chi connectivity index (χ0v) is 12.6. The molecule has 0 saturated carbocycles. The molecular formula is C15H18ClFN2O2. The van der Waals surface area contributed by atoms with E-state index in [2.05, 4.69) is 5.32 Å². The van der Waals surface area contributed by atoms with Gasteiger partial charge < -0.3 is 10.2 Å². The Morgan fingerprint density at radius 3 is 2.90 bits per heavy atom. The number of nitrogens with one attached hydrogen (secondary N) is 1. The van der Waals surface area contributed by atoms with Crippen molar-refractivity contribution in [1.82, 2.24) is 10.2 Å². The molecule has 1 heterocycles. The van der Waals surface area contributed by atoms with Gasteiger partial charge in [0.15, 0.2) is 0 Å². The first-order valence-electron chi connectivity index (χ1n) is 6.99. The van der Waals surface area contributed by atoms with Crippen molar-refractivity contribution >= 4 is 23.4 Å². The molecular weight excluding hydrogens is 295 g/mol. The van der Waals surface area contributed by atoms with Crippen LogP contribution in [0.3, 0.4) is 0 Å². The van der Waals surface area contributed by atoms with Crippen LogP contribution in [0.4, 0.5) is 4.39 Å². The molecule has 21 heavy (non-hydrogen) atoms. The summed E-state index contributed by atoms with van der Waals surface area (Å²) < 4.78 is 13.6. The fraction of sp³-hybridized carbons (Fsp3) is 0.467. The molecule has 1 aromatic carbocycles. The van der Waals surface area contributed by atoms with Crippen molar-refractivity contribution in [2.24, 2.45) is 5.92 Å². The molecule has 6 heteroatoms. The van der Waals surface area contributed by atoms with Crippen molar-refractivity contribution in [2.75, 3.05) is 19.6 Å². The monoisotopic (exact) mass is 312 g/mol. The van der Waals surface area contributed by atoms with Crippen molar-refractivity contribution < 1.29 is 14.0 Å². The van der Waals surface area contributed by atoms with E-state index >= 15 is 0 Å². The van der Waals surface area contributed by atoms with Crippen LogP contribution in [0.25, 0.3) is 0 Å². The molecule has 4 nitrogen and oxygen atoms in total. The first-order chi connectivity index (χ1) is 9.99. The van der Waals surface area contributed by atoms with E-state index in [1.807, 2.05) is 6.92 Å². The molecule has 1 atom stereocenters. The van der Waals surface area contributed by atoms with Gasteiger partial charge in [0.25, 0.3) is 5.91 Å². The van der Waals surface area contributed by atoms with E-state index in [9.17, 15) is 14.0 Å². The summed E-state index contributed by atoms with van der Waals surface area (Å²) in [6.45, 7) is 3.68. The molecule has 0 unspecified atom stereocenters. The van der Waals surface area contributed by atoms with Gasteiger partial charge in [-0.15, -0.1) is 0 Å². The second-order valence-electron chi connectivity index (χ2n) is 5.36. The fourth-order valence-electron chi connectivity index (χ4n) is 2.41. The molecule has 0 spiro atoms. The van der Waals surface area contributed by atoms with Gasteiger partial charge in [0.2, 0.25) is 5.91 Å². The van der Waals surface area contributed by atoms with Crippen molar-refractivity contribution in [3.8, 4) is 0 Å². The Kier molecular flexibility index (Phi) is 5.17. The number of benzene rings is 1. The Bertz CT molecular complexity index is 530. The first kappa shape index (κ1) is 15.8. The summed E-state index contributed by atoms with van der Waals surface area (Å²) in [5.41, 5.74) is -0.136. The average Bonchev–Trinajstić information content (AvgIpc) is 2.82. The average molecular weight is 313 g/mol. The van der Waals surface area contributed by atoms with Crippen LogP contribution in [-0.4, -0.2) is 36.3 Å². The lowest BCUT2D eigenvalue weighted by Gasteiger charge is -2.21. The van der Waals surface area contributed by atoms with E-state index in [4.69, 9.17) is 11.6 Å². The number of carbonyl (C=O) groups is 2. The second kappa shape index (κ2) is 6.89. The summed E-state index contributed by atoms with van der Waals surface area (Å²) in [6.07, 6.45) is 1.49. The highest BCUT2D eigenvalue weighted by Gasteiger charge is 2.22. The van der Waals surface area contributed by atoms with Crippen LogP contribution < -0.4 is 5.32 Å². The van der Waals surface area contributed by atoms with Gasteiger partial charge in [0.05, 0.1) is 10.6 Å². The maximum absolute atomic E-state index is 13.6. The van der Waals surface area contributed by atoms with Gasteiger partial charge in [-0.2, -0.15) is 0 Å². The smallest absolute Gasteiger partial charge is 0.255 e. The molecule has 0 aromatic heterocycles. The van der Waals surface area contributed by atoms with Gasteiger partial charge >= 0.3 is 0 Å². The van der Waals surface area contributed by atoms with Crippen LogP contribution in [0.1, 0.15) is 30.1 Å². The summed E-state index contributed by atoms with van der Waals surface area (Å²) in [4.78, 5) is 25.3. The Morgan fingerprint density at radius 2 is 2.29 bits per heavy atom. The maximum Gasteiger partial charge on any atom is 0.255 e. The summed E-state index contributed by atoms with van der Waals surface area (Å²) in [6, 6.07) is 4.13. The number of carbonyl (C=O) groups excluding carboxylic acids is 2. The van der Waals surface area contributed by atoms with Gasteiger partial charge in [-0.3, -0.25) is 9.59 Å². The van der Waals surface area contributed by atoms with E-state index in [0.717, 1.165) is 13.0 Å². The highest BCUT2D eigenvalue weighted by atomic mass is 35.5. The minimum Gasteiger partial charge on any atom is -0.352 e. The largest absolute Gasteiger partial charge is 0.352 e. The summed E-state index contributed by atoms with van der Waals surface area (Å²) in [5, 5.41) is 2.76. The molecule has 1 aliphatic heterocycles. The van der Waals surface area contributed by atoms with Gasteiger partial charge in [-0.05, 0) is 24.5 Å². The minimum atomic E-state index is -0.637. The summed E-state index contributed by atoms with van der Waals surface area (Å²) in [5.74, 6) is -0.910. The number of hydrogen-bond donors (Lipinski definition) is 1. The van der Waals surface area contributed by atoms with Crippen LogP contribution >= 0.6 is 11.6 Å². The molecule has 1 aromatic rings. The number of likely N-dealkylation sites (tertiary alicyclic amines) is 1. The van der Waals surface area contributed by atoms with Crippen LogP contribution in [0.2, 0.25) is 5.02 Å². The van der Waals surface area contributed by atoms with E-state index in [1.165, 1.54) is 18.2 Å². The van der Waals surface area contributed by atoms with Crippen molar-refractivity contribution in [2.45, 2.75) is 19.8 Å². The predicted molar refractivity (Wildman–Crippen MR) is 78.7 cm³/mol. The van der Waals surface area contributed by atoms with Crippen molar-refractivity contribution in [3.05, 3.63) is 34.6 Å². The van der Waals surface area contributed by atoms with Crippen molar-refractivity contribution in [3.63, 3.8) is 0 Å². The van der Waals surface area contributed by atoms with Crippen LogP contribution in [0, 0.1) is 11.7 Å². The molecule has 1 aliphatic rings. The lowest BCUT2D eigenvalue weighted by atomic mass is 10.1. The zero-order chi connectivity index (χ0) is 15.4. The minimum absolute atomic E-state index is 0.0925. The van der Waals surface area contributed by atoms with Crippen LogP contribution in [0.5, 0.6) is 0 Å². The highest BCUT2D eigenvalue weighted by Crippen LogP contribution is 2.18. The fourth-order valence-corrected chi connectivity index (χ4v) is 2.66. The summed E-state index contributed by atoms with van der Waals surface area (Å²) >= 11 is 5.84. The van der Waals surface area contributed by atoms with Crippen molar-refractivity contribution in [1.29, 1.82) is 0 Å². The summed E-state index contributed by atoms with van der Waals surface area (Å²) in [7, 11) is 0. The Balaban J connectivity index is 1.87. The topological polar surface area (TPSA) is 49.4 Å². The first-order valence-corrected chi connectivity index (χ1v) is 7.37. The normalized spacial score (nSPS) is 16.1. The Hall–Kier alpha value is -1.62. The van der Waals surface area contributed by atoms with E-state index in [1.54, 1.807) is 4.90 Å². The molecule has 2 amide bonds. The molecule has 0 bridgehead atoms. The third kappa shape index (κ3) is 3.94. The van der Waals surface area contributed by atoms with E-state index in [-0.39, 0.29) is 22.4 Å². The lowest BCUT2D eigenvalue weighted by Crippen LogP contribution is -2.36. The zero-order valence-electron chi connectivity index (χ0n) is 11.9. The third-order valence-electron chi connectivity index (χ3n) is 3.50. The molecule has 1 N–H and O–H groups in total. The standard InChI is InChI=1S/C15H18ClFN2O2/c1-10(9-19-7-3-6-13(19)20)8-18-15(21)14-11(16)4-2-5-12(14)17/h2,4-5,10H,3,6-9H2,1H3,(H,18,21)/t10-/m1/s1. The molecule has 1 saturated heterocycles. The molecule has 1 fully saturated rings. The quantitative estimate of drug-likeness (QED) is 0.908. The van der Waals surface area contributed by atoms with Gasteiger partial charge in [-0.25, -0.2) is 4.39 Å². The number of amides is 2. The van der Waals surface area contributed by atoms with Gasteiger partial charge in [0.1, 0.15) is 5.82 Å². The Labute approximate surface area is 128 Å². The number of nitrogens with zero attached hydrogens (tertiary/aromatic N) is 1. The number of halogens is 2. The van der Waals surface area contributed by atoms with Gasteiger partial charge in [-0.1, -0.05) is 24.6 Å². The lowest BCUT2D eigenvalue weighted by molar-refractivity contribution is -0.128. The predicted octanol–water partition coefficient (Wildman–Crippen LogP) is 2.47. The van der Waals surface area contributed by atoms with Crippen LogP contribution in [0.15, 0.2) is 18.2 Å². The van der Waals surface area contributed by atoms with Gasteiger partial charge in [0, 0.05) is 26.1 Å². The maximum atomic E-state index is 13.6. The van der Waals surface area contributed by atoms with E-state index < -0.39 is 11.7 Å². The molecule has 114 valence electrons. The van der Waals surface area contributed by atoms with E-state index in [0.29, 0.717) is 19.5 Å². The molecule has 0 aliphatic carbocycles. The molecule has 2 rings (SSSR count). The number of rotatable bonds is 5. The number of hydrogen-bond acceptors (Lipinski definition) is 2. The SMILES string of the molecule is C[C@H](CNC(=O)c1c(F)cccc1Cl)CN1CCCC1=O. The Morgan fingerprint density at radius 1 is 1.52 bits per heavy atom. The second-order valence-corrected chi connectivity index (χ2v) is 5.76. The highest BCUT2D eigenvalue weighted by molar-refractivity contribution is 6.33. The van der Waals surface area contributed by atoms with Crippen LogP contribution in [-0.2, 0) is 4.79 Å². The molecule has 0 radical (unpaired) electrons. The third-order valence-corrected chi connectivity index (χ3v) is 3.82.